The number of Topliss-reactive ketones (excluding diaryl/α,β-unsaturated/α-hetero) is 1. The van der Waals surface area contributed by atoms with Gasteiger partial charge in [0.05, 0.1) is 5.33 Å². The van der Waals surface area contributed by atoms with Crippen LogP contribution in [0.3, 0.4) is 0 Å². The Morgan fingerprint density at radius 1 is 0.963 bits per heavy atom. The topological polar surface area (TPSA) is 43.4 Å². The third-order valence-electron chi connectivity index (χ3n) is 9.47. The molecule has 3 nitrogen and oxygen atoms in total. The third-order valence-corrected chi connectivity index (χ3v) is 10.0. The number of carbonyl (C=O) groups is 2. The monoisotopic (exact) mass is 438 g/mol. The van der Waals surface area contributed by atoms with Crippen molar-refractivity contribution < 1.29 is 14.3 Å². The molecule has 0 aromatic rings. The highest BCUT2D eigenvalue weighted by atomic mass is 79.9. The van der Waals surface area contributed by atoms with Gasteiger partial charge in [0.25, 0.3) is 0 Å². The molecule has 0 heterocycles. The first-order valence-electron chi connectivity index (χ1n) is 11.1. The molecule has 0 spiro atoms. The third kappa shape index (κ3) is 3.13. The summed E-state index contributed by atoms with van der Waals surface area (Å²) in [5.41, 5.74) is 0.628. The van der Waals surface area contributed by atoms with Gasteiger partial charge in [-0.25, -0.2) is 0 Å². The molecule has 0 unspecified atom stereocenters. The highest BCUT2D eigenvalue weighted by Crippen LogP contribution is 2.67. The maximum atomic E-state index is 12.6. The lowest BCUT2D eigenvalue weighted by atomic mass is 9.44. The van der Waals surface area contributed by atoms with E-state index in [4.69, 9.17) is 4.74 Å². The normalized spacial score (nSPS) is 48.9. The summed E-state index contributed by atoms with van der Waals surface area (Å²) in [6.07, 6.45) is 10.9. The molecule has 27 heavy (non-hydrogen) atoms. The zero-order valence-corrected chi connectivity index (χ0v) is 18.7. The van der Waals surface area contributed by atoms with Crippen LogP contribution in [0.1, 0.15) is 78.6 Å². The average Bonchev–Trinajstić information content (AvgIpc) is 2.98. The molecule has 4 saturated carbocycles. The molecule has 4 heteroatoms. The van der Waals surface area contributed by atoms with Crippen molar-refractivity contribution in [2.75, 3.05) is 5.33 Å². The fraction of sp³-hybridized carbons (Fsp3) is 0.913. The van der Waals surface area contributed by atoms with E-state index in [2.05, 4.69) is 29.8 Å². The maximum Gasteiger partial charge on any atom is 0.302 e. The van der Waals surface area contributed by atoms with Gasteiger partial charge in [0.1, 0.15) is 11.9 Å². The van der Waals surface area contributed by atoms with Crippen LogP contribution in [-0.4, -0.2) is 23.2 Å². The van der Waals surface area contributed by atoms with Gasteiger partial charge in [-0.2, -0.15) is 0 Å². The summed E-state index contributed by atoms with van der Waals surface area (Å²) in [7, 11) is 0. The summed E-state index contributed by atoms with van der Waals surface area (Å²) < 4.78 is 5.58. The summed E-state index contributed by atoms with van der Waals surface area (Å²) in [4.78, 5) is 24.0. The van der Waals surface area contributed by atoms with E-state index in [0.29, 0.717) is 22.4 Å². The SMILES string of the molecule is CC(=O)O[C@H]1CC[C@@]2(C)[C@@H](CC[C@@H]3[C@@H]2CC[C@]2(C)[C@@H](C(=O)CBr)CC[C@@H]32)C1. The van der Waals surface area contributed by atoms with Gasteiger partial charge in [-0.3, -0.25) is 9.59 Å². The number of ketones is 1. The summed E-state index contributed by atoms with van der Waals surface area (Å²) in [5.74, 6) is 3.59. The van der Waals surface area contributed by atoms with Crippen molar-refractivity contribution in [1.82, 2.24) is 0 Å². The highest BCUT2D eigenvalue weighted by Gasteiger charge is 2.61. The second-order valence-electron chi connectivity index (χ2n) is 10.4. The highest BCUT2D eigenvalue weighted by molar-refractivity contribution is 9.09. The lowest BCUT2D eigenvalue weighted by Crippen LogP contribution is -2.54. The summed E-state index contributed by atoms with van der Waals surface area (Å²) in [6, 6.07) is 0. The van der Waals surface area contributed by atoms with Gasteiger partial charge in [-0.15, -0.1) is 0 Å². The minimum absolute atomic E-state index is 0.126. The smallest absolute Gasteiger partial charge is 0.302 e. The molecule has 0 N–H and O–H groups in total. The Morgan fingerprint density at radius 3 is 2.37 bits per heavy atom. The molecule has 4 rings (SSSR count). The molecule has 0 amide bonds. The Bertz CT molecular complexity index is 619. The number of esters is 1. The van der Waals surface area contributed by atoms with E-state index < -0.39 is 0 Å². The molecule has 0 aromatic heterocycles. The van der Waals surface area contributed by atoms with Gasteiger partial charge < -0.3 is 4.74 Å². The minimum atomic E-state index is -0.126. The fourth-order valence-corrected chi connectivity index (χ4v) is 8.57. The predicted octanol–water partition coefficient (Wildman–Crippen LogP) is 5.54. The van der Waals surface area contributed by atoms with E-state index in [1.807, 2.05) is 0 Å². The number of halogens is 1. The van der Waals surface area contributed by atoms with E-state index in [9.17, 15) is 9.59 Å². The molecule has 0 radical (unpaired) electrons. The lowest BCUT2D eigenvalue weighted by Gasteiger charge is -2.61. The van der Waals surface area contributed by atoms with Gasteiger partial charge in [0.15, 0.2) is 0 Å². The van der Waals surface area contributed by atoms with Crippen LogP contribution in [0.5, 0.6) is 0 Å². The van der Waals surface area contributed by atoms with Gasteiger partial charge in [-0.05, 0) is 92.3 Å². The van der Waals surface area contributed by atoms with Crippen LogP contribution < -0.4 is 0 Å². The van der Waals surface area contributed by atoms with Crippen LogP contribution in [0.2, 0.25) is 0 Å². The van der Waals surface area contributed by atoms with E-state index >= 15 is 0 Å². The molecule has 4 aliphatic rings. The van der Waals surface area contributed by atoms with Crippen molar-refractivity contribution in [1.29, 1.82) is 0 Å². The number of rotatable bonds is 3. The van der Waals surface area contributed by atoms with Crippen molar-refractivity contribution in [3.05, 3.63) is 0 Å². The first-order valence-corrected chi connectivity index (χ1v) is 12.2. The molecule has 0 bridgehead atoms. The van der Waals surface area contributed by atoms with Crippen LogP contribution in [0.4, 0.5) is 0 Å². The van der Waals surface area contributed by atoms with E-state index in [1.54, 1.807) is 0 Å². The van der Waals surface area contributed by atoms with Crippen molar-refractivity contribution in [3.8, 4) is 0 Å². The molecule has 0 aromatic carbocycles. The van der Waals surface area contributed by atoms with Crippen molar-refractivity contribution in [2.45, 2.75) is 84.7 Å². The van der Waals surface area contributed by atoms with Crippen molar-refractivity contribution in [3.63, 3.8) is 0 Å². The maximum absolute atomic E-state index is 12.6. The van der Waals surface area contributed by atoms with Crippen LogP contribution >= 0.6 is 15.9 Å². The standard InChI is InChI=1S/C23H35BrO3/c1-14(25)27-16-8-10-22(2)15(12-16)4-5-17-18-6-7-20(21(26)13-24)23(18,3)11-9-19(17)22/h15-20H,4-13H2,1-3H3/t15-,16-,17-,18-,19-,20+,22-,23-/m0/s1. The van der Waals surface area contributed by atoms with Crippen LogP contribution in [-0.2, 0) is 14.3 Å². The molecule has 0 saturated heterocycles. The predicted molar refractivity (Wildman–Crippen MR) is 110 cm³/mol. The molecular formula is C23H35BrO3. The lowest BCUT2D eigenvalue weighted by molar-refractivity contribution is -0.160. The summed E-state index contributed by atoms with van der Waals surface area (Å²) in [6.45, 7) is 6.51. The Balaban J connectivity index is 1.53. The Labute approximate surface area is 172 Å². The fourth-order valence-electron chi connectivity index (χ4n) is 8.18. The van der Waals surface area contributed by atoms with E-state index in [0.717, 1.165) is 37.0 Å². The number of alkyl halides is 1. The number of hydrogen-bond acceptors (Lipinski definition) is 3. The first-order chi connectivity index (χ1) is 12.8. The number of ether oxygens (including phenoxy) is 1. The first kappa shape index (κ1) is 19.9. The second kappa shape index (κ2) is 7.15. The zero-order chi connectivity index (χ0) is 19.4. The number of hydrogen-bond donors (Lipinski definition) is 0. The quantitative estimate of drug-likeness (QED) is 0.428. The largest absolute Gasteiger partial charge is 0.463 e. The zero-order valence-electron chi connectivity index (χ0n) is 17.1. The van der Waals surface area contributed by atoms with Crippen LogP contribution in [0.15, 0.2) is 0 Å². The Kier molecular flexibility index (Phi) is 5.27. The molecular weight excluding hydrogens is 404 g/mol. The van der Waals surface area contributed by atoms with E-state index in [1.165, 1.54) is 45.4 Å². The molecule has 152 valence electrons. The number of fused-ring (bicyclic) bond motifs is 5. The molecule has 0 aliphatic heterocycles. The molecule has 4 aliphatic carbocycles. The summed E-state index contributed by atoms with van der Waals surface area (Å²) in [5, 5.41) is 0.519. The Hall–Kier alpha value is -0.380. The van der Waals surface area contributed by atoms with Gasteiger partial charge in [0, 0.05) is 12.8 Å². The Morgan fingerprint density at radius 2 is 1.67 bits per heavy atom. The average molecular weight is 439 g/mol. The molecule has 4 fully saturated rings. The van der Waals surface area contributed by atoms with Crippen LogP contribution in [0.25, 0.3) is 0 Å². The second-order valence-corrected chi connectivity index (χ2v) is 11.0. The minimum Gasteiger partial charge on any atom is -0.463 e. The van der Waals surface area contributed by atoms with Gasteiger partial charge in [-0.1, -0.05) is 29.8 Å². The number of carbonyl (C=O) groups excluding carboxylic acids is 2. The van der Waals surface area contributed by atoms with Crippen molar-refractivity contribution >= 4 is 27.7 Å². The van der Waals surface area contributed by atoms with E-state index in [-0.39, 0.29) is 23.4 Å². The molecule has 8 atom stereocenters. The van der Waals surface area contributed by atoms with Crippen LogP contribution in [0, 0.1) is 40.4 Å². The summed E-state index contributed by atoms with van der Waals surface area (Å²) >= 11 is 3.43. The van der Waals surface area contributed by atoms with Gasteiger partial charge in [0.2, 0.25) is 0 Å². The van der Waals surface area contributed by atoms with Gasteiger partial charge >= 0.3 is 5.97 Å². The van der Waals surface area contributed by atoms with Crippen molar-refractivity contribution in [2.24, 2.45) is 40.4 Å².